The number of benzene rings is 1. The topological polar surface area (TPSA) is 56.9 Å². The summed E-state index contributed by atoms with van der Waals surface area (Å²) < 4.78 is 4.94. The van der Waals surface area contributed by atoms with Crippen LogP contribution in [0, 0.1) is 0 Å². The molecular formula is C22H32IN5O. The van der Waals surface area contributed by atoms with Gasteiger partial charge in [-0.15, -0.1) is 24.0 Å². The van der Waals surface area contributed by atoms with Gasteiger partial charge in [0.15, 0.2) is 5.96 Å². The van der Waals surface area contributed by atoms with E-state index in [0.29, 0.717) is 0 Å². The number of aromatic nitrogens is 1. The number of guanidine groups is 1. The Balaban J connectivity index is 0.00000240. The van der Waals surface area contributed by atoms with Crippen molar-refractivity contribution >= 4 is 29.9 Å². The molecule has 6 nitrogen and oxygen atoms in total. The third-order valence-electron chi connectivity index (χ3n) is 6.29. The Hall–Kier alpha value is -1.61. The number of halogens is 1. The molecule has 2 aromatic rings. The van der Waals surface area contributed by atoms with Crippen LogP contribution in [0.4, 0.5) is 0 Å². The van der Waals surface area contributed by atoms with Crippen LogP contribution in [0.2, 0.25) is 0 Å². The Labute approximate surface area is 190 Å². The molecule has 0 atom stereocenters. The molecule has 2 aliphatic rings. The van der Waals surface area contributed by atoms with E-state index in [2.05, 4.69) is 55.6 Å². The molecule has 1 saturated carbocycles. The quantitative estimate of drug-likeness (QED) is 0.380. The molecule has 1 aliphatic heterocycles. The fourth-order valence-corrected chi connectivity index (χ4v) is 4.66. The van der Waals surface area contributed by atoms with Gasteiger partial charge in [-0.05, 0) is 18.4 Å². The molecule has 0 unspecified atom stereocenters. The Morgan fingerprint density at radius 1 is 1.10 bits per heavy atom. The van der Waals surface area contributed by atoms with Crippen molar-refractivity contribution in [2.45, 2.75) is 37.6 Å². The van der Waals surface area contributed by atoms with Crippen LogP contribution in [0.1, 0.15) is 36.9 Å². The summed E-state index contributed by atoms with van der Waals surface area (Å²) in [4.78, 5) is 9.39. The molecule has 158 valence electrons. The van der Waals surface area contributed by atoms with Crippen LogP contribution in [0.25, 0.3) is 0 Å². The molecule has 7 heteroatoms. The monoisotopic (exact) mass is 509 g/mol. The fraction of sp³-hybridized carbons (Fsp3) is 0.545. The van der Waals surface area contributed by atoms with Crippen molar-refractivity contribution in [3.05, 3.63) is 53.9 Å². The van der Waals surface area contributed by atoms with E-state index in [1.807, 2.05) is 13.1 Å². The highest BCUT2D eigenvalue weighted by Gasteiger charge is 2.36. The van der Waals surface area contributed by atoms with E-state index in [-0.39, 0.29) is 29.4 Å². The number of hydrogen-bond acceptors (Lipinski definition) is 4. The van der Waals surface area contributed by atoms with Crippen molar-refractivity contribution in [1.82, 2.24) is 20.3 Å². The number of nitrogens with zero attached hydrogens (tertiary/aromatic N) is 4. The van der Waals surface area contributed by atoms with Crippen LogP contribution < -0.4 is 5.32 Å². The van der Waals surface area contributed by atoms with Crippen LogP contribution in [0.15, 0.2) is 52.2 Å². The molecule has 2 heterocycles. The van der Waals surface area contributed by atoms with Crippen LogP contribution in [0.5, 0.6) is 0 Å². The van der Waals surface area contributed by atoms with Gasteiger partial charge in [-0.3, -0.25) is 9.89 Å². The number of rotatable bonds is 5. The first kappa shape index (κ1) is 22.1. The SMILES string of the molecule is CN=C(NCC1(c2ccccc2)CCCC1)N1CCN(Cc2ccon2)CC1.I. The van der Waals surface area contributed by atoms with E-state index in [1.165, 1.54) is 31.2 Å². The third-order valence-corrected chi connectivity index (χ3v) is 6.29. The predicted molar refractivity (Wildman–Crippen MR) is 127 cm³/mol. The fourth-order valence-electron chi connectivity index (χ4n) is 4.66. The molecule has 1 aromatic heterocycles. The molecule has 0 spiro atoms. The van der Waals surface area contributed by atoms with Crippen LogP contribution in [-0.4, -0.2) is 60.7 Å². The highest BCUT2D eigenvalue weighted by molar-refractivity contribution is 14.0. The zero-order chi connectivity index (χ0) is 19.2. The van der Waals surface area contributed by atoms with Crippen LogP contribution >= 0.6 is 24.0 Å². The molecule has 2 fully saturated rings. The van der Waals surface area contributed by atoms with Gasteiger partial charge < -0.3 is 14.7 Å². The van der Waals surface area contributed by atoms with Crippen molar-refractivity contribution < 1.29 is 4.52 Å². The van der Waals surface area contributed by atoms with Crippen LogP contribution in [-0.2, 0) is 12.0 Å². The van der Waals surface area contributed by atoms with E-state index in [1.54, 1.807) is 6.26 Å². The highest BCUT2D eigenvalue weighted by Crippen LogP contribution is 2.40. The maximum absolute atomic E-state index is 4.94. The van der Waals surface area contributed by atoms with Gasteiger partial charge in [-0.2, -0.15) is 0 Å². The van der Waals surface area contributed by atoms with Crippen molar-refractivity contribution in [2.24, 2.45) is 4.99 Å². The van der Waals surface area contributed by atoms with Gasteiger partial charge in [0.25, 0.3) is 0 Å². The Morgan fingerprint density at radius 2 is 1.83 bits per heavy atom. The summed E-state index contributed by atoms with van der Waals surface area (Å²) in [7, 11) is 1.90. The number of hydrogen-bond donors (Lipinski definition) is 1. The van der Waals surface area contributed by atoms with Crippen molar-refractivity contribution in [2.75, 3.05) is 39.8 Å². The van der Waals surface area contributed by atoms with Crippen molar-refractivity contribution in [3.8, 4) is 0 Å². The van der Waals surface area contributed by atoms with Gasteiger partial charge in [-0.1, -0.05) is 48.3 Å². The summed E-state index contributed by atoms with van der Waals surface area (Å²) in [5, 5.41) is 7.74. The first-order valence-electron chi connectivity index (χ1n) is 10.4. The zero-order valence-electron chi connectivity index (χ0n) is 17.2. The molecule has 4 rings (SSSR count). The molecule has 0 radical (unpaired) electrons. The average molecular weight is 509 g/mol. The largest absolute Gasteiger partial charge is 0.364 e. The van der Waals surface area contributed by atoms with E-state index >= 15 is 0 Å². The van der Waals surface area contributed by atoms with Crippen molar-refractivity contribution in [1.29, 1.82) is 0 Å². The minimum Gasteiger partial charge on any atom is -0.364 e. The van der Waals surface area contributed by atoms with Gasteiger partial charge >= 0.3 is 0 Å². The number of aliphatic imine (C=N–C) groups is 1. The molecule has 1 N–H and O–H groups in total. The smallest absolute Gasteiger partial charge is 0.193 e. The number of piperazine rings is 1. The van der Waals surface area contributed by atoms with Gasteiger partial charge in [0.1, 0.15) is 6.26 Å². The molecule has 0 amide bonds. The lowest BCUT2D eigenvalue weighted by Gasteiger charge is -2.38. The molecule has 1 aliphatic carbocycles. The summed E-state index contributed by atoms with van der Waals surface area (Å²) in [5.41, 5.74) is 2.71. The minimum atomic E-state index is 0. The molecule has 29 heavy (non-hydrogen) atoms. The van der Waals surface area contributed by atoms with Crippen molar-refractivity contribution in [3.63, 3.8) is 0 Å². The molecule has 1 saturated heterocycles. The Kier molecular flexibility index (Phi) is 7.94. The minimum absolute atomic E-state index is 0. The zero-order valence-corrected chi connectivity index (χ0v) is 19.5. The second kappa shape index (κ2) is 10.4. The Morgan fingerprint density at radius 3 is 2.45 bits per heavy atom. The summed E-state index contributed by atoms with van der Waals surface area (Å²) in [6.45, 7) is 5.80. The maximum Gasteiger partial charge on any atom is 0.193 e. The normalized spacial score (nSPS) is 19.8. The molecular weight excluding hydrogens is 477 g/mol. The van der Waals surface area contributed by atoms with Gasteiger partial charge in [0, 0.05) is 57.8 Å². The summed E-state index contributed by atoms with van der Waals surface area (Å²) in [6.07, 6.45) is 6.79. The molecule has 1 aromatic carbocycles. The lowest BCUT2D eigenvalue weighted by atomic mass is 9.79. The van der Waals surface area contributed by atoms with E-state index in [4.69, 9.17) is 4.52 Å². The highest BCUT2D eigenvalue weighted by atomic mass is 127. The predicted octanol–water partition coefficient (Wildman–Crippen LogP) is 3.50. The first-order chi connectivity index (χ1) is 13.8. The lowest BCUT2D eigenvalue weighted by Crippen LogP contribution is -2.53. The summed E-state index contributed by atoms with van der Waals surface area (Å²) in [6, 6.07) is 13.0. The summed E-state index contributed by atoms with van der Waals surface area (Å²) >= 11 is 0. The van der Waals surface area contributed by atoms with Gasteiger partial charge in [0.2, 0.25) is 0 Å². The lowest BCUT2D eigenvalue weighted by molar-refractivity contribution is 0.168. The maximum atomic E-state index is 4.94. The summed E-state index contributed by atoms with van der Waals surface area (Å²) in [5.74, 6) is 1.03. The van der Waals surface area contributed by atoms with Gasteiger partial charge in [0.05, 0.1) is 5.69 Å². The number of nitrogens with one attached hydrogen (secondary N) is 1. The molecule has 0 bridgehead atoms. The second-order valence-electron chi connectivity index (χ2n) is 8.01. The second-order valence-corrected chi connectivity index (χ2v) is 8.01. The average Bonchev–Trinajstić information content (AvgIpc) is 3.43. The van der Waals surface area contributed by atoms with Crippen LogP contribution in [0.3, 0.4) is 0 Å². The van der Waals surface area contributed by atoms with E-state index in [0.717, 1.165) is 50.9 Å². The standard InChI is InChI=1S/C22H31N5O.HI/c1-23-21(27-14-12-26(13-15-27)17-20-9-16-28-25-20)24-18-22(10-5-6-11-22)19-7-3-2-4-8-19;/h2-4,7-9,16H,5-6,10-15,17-18H2,1H3,(H,23,24);1H. The van der Waals surface area contributed by atoms with E-state index in [9.17, 15) is 0 Å². The Bertz CT molecular complexity index is 751. The third kappa shape index (κ3) is 5.31. The first-order valence-corrected chi connectivity index (χ1v) is 10.4. The van der Waals surface area contributed by atoms with Gasteiger partial charge in [-0.25, -0.2) is 0 Å². The van der Waals surface area contributed by atoms with E-state index < -0.39 is 0 Å².